The first-order valence-electron chi connectivity index (χ1n) is 18.4. The molecule has 0 N–H and O–H groups in total. The topological polar surface area (TPSA) is 4.93 Å². The van der Waals surface area contributed by atoms with Crippen molar-refractivity contribution < 1.29 is 0 Å². The minimum absolute atomic E-state index is 0.332. The van der Waals surface area contributed by atoms with E-state index in [1.807, 2.05) is 0 Å². The van der Waals surface area contributed by atoms with Crippen LogP contribution in [-0.2, 0) is 6.42 Å². The van der Waals surface area contributed by atoms with Crippen LogP contribution in [0.4, 0.5) is 0 Å². The van der Waals surface area contributed by atoms with Gasteiger partial charge in [0.15, 0.2) is 0 Å². The first-order valence-corrected chi connectivity index (χ1v) is 18.4. The molecule has 0 fully saturated rings. The summed E-state index contributed by atoms with van der Waals surface area (Å²) in [4.78, 5) is 0. The Morgan fingerprint density at radius 1 is 0.694 bits per heavy atom. The first kappa shape index (κ1) is 28.8. The lowest BCUT2D eigenvalue weighted by Gasteiger charge is -2.37. The molecule has 1 nitrogen and oxygen atoms in total. The van der Waals surface area contributed by atoms with Gasteiger partial charge in [-0.1, -0.05) is 146 Å². The first-order chi connectivity index (χ1) is 24.3. The predicted molar refractivity (Wildman–Crippen MR) is 206 cm³/mol. The van der Waals surface area contributed by atoms with Crippen molar-refractivity contribution >= 4 is 34.1 Å². The van der Waals surface area contributed by atoms with Gasteiger partial charge in [-0.3, -0.25) is 0 Å². The Morgan fingerprint density at radius 3 is 2.41 bits per heavy atom. The van der Waals surface area contributed by atoms with E-state index >= 15 is 0 Å². The van der Waals surface area contributed by atoms with Crippen LogP contribution in [0.25, 0.3) is 34.1 Å². The smallest absolute Gasteiger partial charge is 0.0525 e. The Morgan fingerprint density at radius 2 is 1.51 bits per heavy atom. The standard InChI is InChI=1S/C48H41N/c1-3-13-32(14-4-1)35-25-27-43-46(31-35)49(38-20-11-19-36(29-38)40-24-12-18-33-17-7-8-21-39(33)40)45-28-26-37-30-44(34-15-5-2-6-16-34)41-22-9-10-23-42(41)47(37)48(43)45/h1-8,10,12-18,21,23-30,35,37-38,47H,9,11,19-20,22,31H2. The fourth-order valence-corrected chi connectivity index (χ4v) is 9.69. The van der Waals surface area contributed by atoms with E-state index in [2.05, 4.69) is 156 Å². The highest BCUT2D eigenvalue weighted by Gasteiger charge is 2.40. The average Bonchev–Trinajstić information content (AvgIpc) is 3.52. The molecule has 1 heterocycles. The third-order valence-corrected chi connectivity index (χ3v) is 11.9. The van der Waals surface area contributed by atoms with E-state index in [1.165, 1.54) is 74.0 Å². The molecule has 0 spiro atoms. The van der Waals surface area contributed by atoms with Crippen molar-refractivity contribution in [3.8, 4) is 0 Å². The minimum atomic E-state index is 0.332. The molecule has 0 amide bonds. The molecule has 49 heavy (non-hydrogen) atoms. The van der Waals surface area contributed by atoms with Crippen LogP contribution in [0, 0.1) is 5.92 Å². The molecule has 0 aliphatic heterocycles. The maximum Gasteiger partial charge on any atom is 0.0525 e. The number of aromatic nitrogens is 1. The summed E-state index contributed by atoms with van der Waals surface area (Å²) in [5.41, 5.74) is 16.2. The van der Waals surface area contributed by atoms with E-state index in [0.29, 0.717) is 23.8 Å². The zero-order valence-corrected chi connectivity index (χ0v) is 27.9. The minimum Gasteiger partial charge on any atom is -0.337 e. The molecular formula is C48H41N. The van der Waals surface area contributed by atoms with Gasteiger partial charge < -0.3 is 4.57 Å². The van der Waals surface area contributed by atoms with Crippen molar-refractivity contribution in [1.82, 2.24) is 4.57 Å². The summed E-state index contributed by atoms with van der Waals surface area (Å²) in [6.45, 7) is 0. The molecule has 5 aliphatic carbocycles. The monoisotopic (exact) mass is 631 g/mol. The van der Waals surface area contributed by atoms with Crippen LogP contribution >= 0.6 is 0 Å². The van der Waals surface area contributed by atoms with E-state index in [9.17, 15) is 0 Å². The second-order valence-electron chi connectivity index (χ2n) is 14.5. The van der Waals surface area contributed by atoms with Crippen molar-refractivity contribution in [1.29, 1.82) is 0 Å². The van der Waals surface area contributed by atoms with E-state index in [1.54, 1.807) is 11.1 Å². The van der Waals surface area contributed by atoms with Crippen LogP contribution in [-0.4, -0.2) is 4.57 Å². The van der Waals surface area contributed by atoms with Gasteiger partial charge in [0.25, 0.3) is 0 Å². The summed E-state index contributed by atoms with van der Waals surface area (Å²) >= 11 is 0. The number of hydrogen-bond donors (Lipinski definition) is 0. The third kappa shape index (κ3) is 4.74. The summed E-state index contributed by atoms with van der Waals surface area (Å²) in [5, 5.41) is 2.70. The Hall–Kier alpha value is -5.14. The molecule has 4 atom stereocenters. The van der Waals surface area contributed by atoms with Gasteiger partial charge in [0, 0.05) is 29.1 Å². The van der Waals surface area contributed by atoms with Gasteiger partial charge in [-0.15, -0.1) is 0 Å². The summed E-state index contributed by atoms with van der Waals surface area (Å²) < 4.78 is 2.80. The normalized spacial score (nSPS) is 23.8. The number of allylic oxidation sites excluding steroid dienone is 10. The van der Waals surface area contributed by atoms with Crippen molar-refractivity contribution in [3.05, 3.63) is 190 Å². The number of benzene rings is 4. The molecule has 5 aromatic rings. The van der Waals surface area contributed by atoms with Crippen LogP contribution in [0.5, 0.6) is 0 Å². The molecule has 1 aromatic heterocycles. The average molecular weight is 632 g/mol. The Labute approximate surface area is 290 Å². The van der Waals surface area contributed by atoms with Gasteiger partial charge in [-0.2, -0.15) is 0 Å². The molecule has 4 unspecified atom stereocenters. The predicted octanol–water partition coefficient (Wildman–Crippen LogP) is 12.3. The maximum absolute atomic E-state index is 2.80. The van der Waals surface area contributed by atoms with Crippen LogP contribution in [0.1, 0.15) is 89.2 Å². The summed E-state index contributed by atoms with van der Waals surface area (Å²) in [6, 6.07) is 38.3. The summed E-state index contributed by atoms with van der Waals surface area (Å²) in [5.74, 6) is 1.07. The molecule has 4 aromatic carbocycles. The largest absolute Gasteiger partial charge is 0.337 e. The molecule has 1 heteroatoms. The maximum atomic E-state index is 2.80. The highest BCUT2D eigenvalue weighted by molar-refractivity contribution is 5.94. The van der Waals surface area contributed by atoms with Crippen LogP contribution in [0.15, 0.2) is 151 Å². The lowest BCUT2D eigenvalue weighted by atomic mass is 9.66. The molecule has 0 bridgehead atoms. The lowest BCUT2D eigenvalue weighted by molar-refractivity contribution is 0.500. The summed E-state index contributed by atoms with van der Waals surface area (Å²) in [7, 11) is 0. The molecule has 0 saturated carbocycles. The van der Waals surface area contributed by atoms with Crippen LogP contribution in [0.3, 0.4) is 0 Å². The molecular weight excluding hydrogens is 591 g/mol. The molecule has 238 valence electrons. The van der Waals surface area contributed by atoms with Crippen molar-refractivity contribution in [2.45, 2.75) is 56.4 Å². The Bertz CT molecular complexity index is 2280. The highest BCUT2D eigenvalue weighted by atomic mass is 15.0. The SMILES string of the molecule is C1=CC2=C(CC1)C(c1ccccc1)=CC1C=Cc3c(c4c(n3C3C=C(c5cccc6ccccc56)CCC3)CC(c3ccccc3)C=C4)C21. The number of hydrogen-bond acceptors (Lipinski definition) is 0. The third-order valence-electron chi connectivity index (χ3n) is 11.9. The second-order valence-corrected chi connectivity index (χ2v) is 14.5. The fourth-order valence-electron chi connectivity index (χ4n) is 9.69. The van der Waals surface area contributed by atoms with E-state index in [-0.39, 0.29) is 0 Å². The second kappa shape index (κ2) is 11.8. The number of rotatable bonds is 4. The number of nitrogens with zero attached hydrogens (tertiary/aromatic N) is 1. The zero-order valence-electron chi connectivity index (χ0n) is 27.9. The van der Waals surface area contributed by atoms with Crippen LogP contribution < -0.4 is 0 Å². The van der Waals surface area contributed by atoms with Crippen LogP contribution in [0.2, 0.25) is 0 Å². The Balaban J connectivity index is 1.15. The van der Waals surface area contributed by atoms with E-state index < -0.39 is 0 Å². The number of fused-ring (bicyclic) bond motifs is 7. The van der Waals surface area contributed by atoms with Gasteiger partial charge >= 0.3 is 0 Å². The molecule has 0 saturated heterocycles. The molecule has 0 radical (unpaired) electrons. The van der Waals surface area contributed by atoms with Crippen molar-refractivity contribution in [2.75, 3.05) is 0 Å². The lowest BCUT2D eigenvalue weighted by Crippen LogP contribution is -2.23. The van der Waals surface area contributed by atoms with E-state index in [0.717, 1.165) is 25.7 Å². The van der Waals surface area contributed by atoms with Gasteiger partial charge in [-0.05, 0) is 105 Å². The van der Waals surface area contributed by atoms with Gasteiger partial charge in [0.05, 0.1) is 6.04 Å². The Kier molecular flexibility index (Phi) is 6.93. The van der Waals surface area contributed by atoms with E-state index in [4.69, 9.17) is 0 Å². The van der Waals surface area contributed by atoms with Crippen molar-refractivity contribution in [2.24, 2.45) is 5.92 Å². The molecule has 10 rings (SSSR count). The van der Waals surface area contributed by atoms with Gasteiger partial charge in [0.2, 0.25) is 0 Å². The summed E-state index contributed by atoms with van der Waals surface area (Å²) in [6.07, 6.45) is 27.0. The highest BCUT2D eigenvalue weighted by Crippen LogP contribution is 2.54. The molecule has 5 aliphatic rings. The van der Waals surface area contributed by atoms with Gasteiger partial charge in [-0.25, -0.2) is 0 Å². The quantitative estimate of drug-likeness (QED) is 0.186. The van der Waals surface area contributed by atoms with Gasteiger partial charge in [0.1, 0.15) is 0 Å². The van der Waals surface area contributed by atoms with Crippen molar-refractivity contribution in [3.63, 3.8) is 0 Å². The fraction of sp³-hybridized carbons (Fsp3) is 0.208. The zero-order chi connectivity index (χ0) is 32.3.